The van der Waals surface area contributed by atoms with Gasteiger partial charge in [0.1, 0.15) is 0 Å². The number of aromatic nitrogens is 4. The van der Waals surface area contributed by atoms with Crippen molar-refractivity contribution in [3.05, 3.63) is 34.4 Å². The second kappa shape index (κ2) is 5.94. The van der Waals surface area contributed by atoms with Crippen LogP contribution in [0, 0.1) is 5.41 Å². The van der Waals surface area contributed by atoms with Gasteiger partial charge in [0.15, 0.2) is 5.69 Å². The van der Waals surface area contributed by atoms with Crippen LogP contribution in [0.5, 0.6) is 0 Å². The summed E-state index contributed by atoms with van der Waals surface area (Å²) in [5, 5.41) is 11.8. The molecule has 26 heavy (non-hydrogen) atoms. The molecule has 0 saturated heterocycles. The first-order valence-electron chi connectivity index (χ1n) is 9.27. The van der Waals surface area contributed by atoms with Crippen LogP contribution in [0.2, 0.25) is 0 Å². The monoisotopic (exact) mass is 357 g/mol. The fraction of sp³-hybridized carbons (Fsp3) is 0.632. The van der Waals surface area contributed by atoms with Crippen molar-refractivity contribution in [2.75, 3.05) is 6.54 Å². The summed E-state index contributed by atoms with van der Waals surface area (Å²) in [4.78, 5) is 15.3. The summed E-state index contributed by atoms with van der Waals surface area (Å²) in [7, 11) is 1.97. The minimum Gasteiger partial charge on any atom is -0.369 e. The first-order valence-corrected chi connectivity index (χ1v) is 9.27. The highest BCUT2D eigenvalue weighted by molar-refractivity contribution is 5.94. The number of nitrogens with one attached hydrogen (secondary N) is 1. The van der Waals surface area contributed by atoms with E-state index in [1.165, 1.54) is 5.69 Å². The molecule has 0 fully saturated rings. The zero-order valence-corrected chi connectivity index (χ0v) is 16.2. The maximum Gasteiger partial charge on any atom is 0.274 e. The number of carbonyl (C=O) groups is 1. The van der Waals surface area contributed by atoms with Crippen molar-refractivity contribution < 1.29 is 9.53 Å². The SMILES string of the molecule is C[C@@H]1Cc2c(C(=O)N3Cc4cnn(C)c4CC(C)(C)C3)n[nH]c2[C@H](C)O1. The molecule has 2 aliphatic rings. The standard InChI is InChI=1S/C19H27N5O2/c1-11-6-14-16(12(2)26-11)21-22-17(14)18(25)24-9-13-8-20-23(5)15(13)7-19(3,4)10-24/h8,11-12H,6-7,9-10H2,1-5H3,(H,21,22)/t11-,12+/m1/s1. The van der Waals surface area contributed by atoms with Crippen LogP contribution < -0.4 is 0 Å². The zero-order chi connectivity index (χ0) is 18.6. The normalized spacial score (nSPS) is 24.7. The Bertz CT molecular complexity index is 850. The average molecular weight is 357 g/mol. The number of rotatable bonds is 1. The molecule has 1 N–H and O–H groups in total. The Kier molecular flexibility index (Phi) is 3.95. The average Bonchev–Trinajstić information content (AvgIpc) is 3.07. The molecule has 2 atom stereocenters. The first kappa shape index (κ1) is 17.3. The van der Waals surface area contributed by atoms with Crippen LogP contribution in [0.4, 0.5) is 0 Å². The quantitative estimate of drug-likeness (QED) is 0.850. The molecule has 7 heteroatoms. The number of ether oxygens (including phenoxy) is 1. The van der Waals surface area contributed by atoms with Gasteiger partial charge in [-0.25, -0.2) is 0 Å². The molecule has 0 radical (unpaired) electrons. The van der Waals surface area contributed by atoms with Gasteiger partial charge in [-0.15, -0.1) is 0 Å². The second-order valence-corrected chi connectivity index (χ2v) is 8.50. The number of nitrogens with zero attached hydrogens (tertiary/aromatic N) is 4. The van der Waals surface area contributed by atoms with Gasteiger partial charge in [-0.3, -0.25) is 14.6 Å². The van der Waals surface area contributed by atoms with E-state index in [1.54, 1.807) is 0 Å². The third-order valence-corrected chi connectivity index (χ3v) is 5.50. The lowest BCUT2D eigenvalue weighted by atomic mass is 9.87. The van der Waals surface area contributed by atoms with Gasteiger partial charge in [-0.1, -0.05) is 13.8 Å². The van der Waals surface area contributed by atoms with Gasteiger partial charge in [0.05, 0.1) is 24.1 Å². The van der Waals surface area contributed by atoms with Crippen molar-refractivity contribution in [3.8, 4) is 0 Å². The smallest absolute Gasteiger partial charge is 0.274 e. The van der Waals surface area contributed by atoms with Crippen LogP contribution >= 0.6 is 0 Å². The molecule has 0 aromatic carbocycles. The number of hydrogen-bond donors (Lipinski definition) is 1. The third-order valence-electron chi connectivity index (χ3n) is 5.50. The molecule has 0 aliphatic carbocycles. The Morgan fingerprint density at radius 1 is 1.38 bits per heavy atom. The van der Waals surface area contributed by atoms with Gasteiger partial charge in [0, 0.05) is 43.4 Å². The lowest BCUT2D eigenvalue weighted by Gasteiger charge is -2.30. The molecule has 0 spiro atoms. The van der Waals surface area contributed by atoms with Crippen LogP contribution in [-0.2, 0) is 31.2 Å². The van der Waals surface area contributed by atoms with E-state index in [0.717, 1.165) is 23.2 Å². The van der Waals surface area contributed by atoms with Gasteiger partial charge in [-0.05, 0) is 25.7 Å². The van der Waals surface area contributed by atoms with E-state index in [0.29, 0.717) is 25.2 Å². The van der Waals surface area contributed by atoms with Crippen LogP contribution in [0.3, 0.4) is 0 Å². The summed E-state index contributed by atoms with van der Waals surface area (Å²) < 4.78 is 7.78. The maximum atomic E-state index is 13.4. The highest BCUT2D eigenvalue weighted by Gasteiger charge is 2.36. The lowest BCUT2D eigenvalue weighted by molar-refractivity contribution is -0.00704. The number of fused-ring (bicyclic) bond motifs is 2. The van der Waals surface area contributed by atoms with Crippen molar-refractivity contribution in [2.45, 2.75) is 59.3 Å². The number of aryl methyl sites for hydroxylation is 1. The summed E-state index contributed by atoms with van der Waals surface area (Å²) in [6.07, 6.45) is 3.53. The molecule has 2 aromatic rings. The Hall–Kier alpha value is -2.15. The summed E-state index contributed by atoms with van der Waals surface area (Å²) in [6.45, 7) is 9.72. The number of amides is 1. The fourth-order valence-corrected chi connectivity index (χ4v) is 4.30. The number of hydrogen-bond acceptors (Lipinski definition) is 4. The lowest BCUT2D eigenvalue weighted by Crippen LogP contribution is -2.38. The van der Waals surface area contributed by atoms with E-state index in [1.807, 2.05) is 36.7 Å². The molecule has 4 heterocycles. The van der Waals surface area contributed by atoms with Gasteiger partial charge >= 0.3 is 0 Å². The van der Waals surface area contributed by atoms with E-state index < -0.39 is 0 Å². The van der Waals surface area contributed by atoms with Crippen molar-refractivity contribution in [2.24, 2.45) is 12.5 Å². The molecular formula is C19H27N5O2. The van der Waals surface area contributed by atoms with Crippen molar-refractivity contribution in [1.29, 1.82) is 0 Å². The second-order valence-electron chi connectivity index (χ2n) is 8.50. The molecule has 1 amide bonds. The molecule has 0 unspecified atom stereocenters. The highest BCUT2D eigenvalue weighted by Crippen LogP contribution is 2.33. The minimum absolute atomic E-state index is 0.00595. The number of H-pyrrole nitrogens is 1. The van der Waals surface area contributed by atoms with E-state index in [9.17, 15) is 4.79 Å². The largest absolute Gasteiger partial charge is 0.369 e. The van der Waals surface area contributed by atoms with Gasteiger partial charge in [0.2, 0.25) is 0 Å². The molecule has 2 aromatic heterocycles. The Morgan fingerprint density at radius 3 is 2.92 bits per heavy atom. The predicted octanol–water partition coefficient (Wildman–Crippen LogP) is 2.39. The molecule has 0 bridgehead atoms. The maximum absolute atomic E-state index is 13.4. The fourth-order valence-electron chi connectivity index (χ4n) is 4.30. The number of carbonyl (C=O) groups excluding carboxylic acids is 1. The summed E-state index contributed by atoms with van der Waals surface area (Å²) in [6, 6.07) is 0. The topological polar surface area (TPSA) is 76.0 Å². The highest BCUT2D eigenvalue weighted by atomic mass is 16.5. The molecule has 2 aliphatic heterocycles. The third kappa shape index (κ3) is 2.84. The summed E-state index contributed by atoms with van der Waals surface area (Å²) >= 11 is 0. The predicted molar refractivity (Wildman–Crippen MR) is 96.7 cm³/mol. The van der Waals surface area contributed by atoms with E-state index >= 15 is 0 Å². The van der Waals surface area contributed by atoms with Crippen LogP contribution in [0.1, 0.15) is 66.8 Å². The minimum atomic E-state index is -0.0618. The molecule has 0 saturated carbocycles. The summed E-state index contributed by atoms with van der Waals surface area (Å²) in [5.74, 6) is -0.00595. The van der Waals surface area contributed by atoms with Crippen LogP contribution in [0.25, 0.3) is 0 Å². The zero-order valence-electron chi connectivity index (χ0n) is 16.2. The van der Waals surface area contributed by atoms with Crippen molar-refractivity contribution >= 4 is 5.91 Å². The molecule has 4 rings (SSSR count). The number of aromatic amines is 1. The molecule has 140 valence electrons. The van der Waals surface area contributed by atoms with Crippen molar-refractivity contribution in [3.63, 3.8) is 0 Å². The van der Waals surface area contributed by atoms with E-state index in [-0.39, 0.29) is 23.5 Å². The molecular weight excluding hydrogens is 330 g/mol. The van der Waals surface area contributed by atoms with Gasteiger partial charge < -0.3 is 9.64 Å². The van der Waals surface area contributed by atoms with Gasteiger partial charge in [0.25, 0.3) is 5.91 Å². The summed E-state index contributed by atoms with van der Waals surface area (Å²) in [5.41, 5.74) is 4.81. The molecule has 7 nitrogen and oxygen atoms in total. The Morgan fingerprint density at radius 2 is 2.15 bits per heavy atom. The van der Waals surface area contributed by atoms with E-state index in [2.05, 4.69) is 29.1 Å². The van der Waals surface area contributed by atoms with E-state index in [4.69, 9.17) is 4.74 Å². The first-order chi connectivity index (χ1) is 12.2. The van der Waals surface area contributed by atoms with Crippen molar-refractivity contribution in [1.82, 2.24) is 24.9 Å². The van der Waals surface area contributed by atoms with Crippen LogP contribution in [0.15, 0.2) is 6.20 Å². The Labute approximate surface area is 153 Å². The van der Waals surface area contributed by atoms with Crippen LogP contribution in [-0.4, -0.2) is 43.4 Å². The Balaban J connectivity index is 1.69. The van der Waals surface area contributed by atoms with Gasteiger partial charge in [-0.2, -0.15) is 10.2 Å².